The summed E-state index contributed by atoms with van der Waals surface area (Å²) in [7, 11) is 6.13. The van der Waals surface area contributed by atoms with Crippen molar-refractivity contribution in [3.63, 3.8) is 0 Å². The number of carbonyl (C=O) groups excluding carboxylic acids is 3. The first-order valence-electron chi connectivity index (χ1n) is 15.8. The van der Waals surface area contributed by atoms with Gasteiger partial charge in [0.1, 0.15) is 33.9 Å². The maximum atomic E-state index is 13.9. The van der Waals surface area contributed by atoms with Gasteiger partial charge in [-0.05, 0) is 60.2 Å². The Morgan fingerprint density at radius 2 is 1.29 bits per heavy atom. The lowest BCUT2D eigenvalue weighted by Gasteiger charge is -2.18. The second-order valence-corrected chi connectivity index (χ2v) is 12.1. The van der Waals surface area contributed by atoms with E-state index < -0.39 is 17.1 Å². The van der Waals surface area contributed by atoms with Gasteiger partial charge in [-0.25, -0.2) is 0 Å². The third kappa shape index (κ3) is 9.71. The first kappa shape index (κ1) is 36.1. The monoisotopic (exact) mass is 703 g/mol. The Hall–Kier alpha value is -6.20. The molecule has 3 amide bonds. The predicted octanol–water partition coefficient (Wildman–Crippen LogP) is 7.60. The van der Waals surface area contributed by atoms with Crippen LogP contribution in [0.1, 0.15) is 26.7 Å². The predicted molar refractivity (Wildman–Crippen MR) is 200 cm³/mol. The van der Waals surface area contributed by atoms with Crippen LogP contribution in [-0.4, -0.2) is 46.2 Å². The number of carbonyl (C=O) groups is 3. The van der Waals surface area contributed by atoms with Gasteiger partial charge in [0, 0.05) is 45.6 Å². The Bertz CT molecular complexity index is 2000. The van der Waals surface area contributed by atoms with E-state index in [0.717, 1.165) is 5.56 Å². The van der Waals surface area contributed by atoms with E-state index in [1.807, 2.05) is 36.4 Å². The van der Waals surface area contributed by atoms with Crippen LogP contribution in [0, 0.1) is 0 Å². The van der Waals surface area contributed by atoms with E-state index in [1.165, 1.54) is 32.1 Å². The topological polar surface area (TPSA) is 124 Å². The normalized spacial score (nSPS) is 11.5. The van der Waals surface area contributed by atoms with Crippen molar-refractivity contribution in [1.82, 2.24) is 5.32 Å². The van der Waals surface area contributed by atoms with Gasteiger partial charge in [0.15, 0.2) is 0 Å². The zero-order chi connectivity index (χ0) is 36.2. The molecule has 5 aromatic rings. The van der Waals surface area contributed by atoms with E-state index in [0.29, 0.717) is 50.4 Å². The highest BCUT2D eigenvalue weighted by atomic mass is 32.2. The third-order valence-electron chi connectivity index (χ3n) is 7.57. The van der Waals surface area contributed by atoms with Gasteiger partial charge in [-0.1, -0.05) is 54.6 Å². The van der Waals surface area contributed by atoms with Gasteiger partial charge in [-0.15, -0.1) is 11.8 Å². The molecule has 1 atom stereocenters. The first-order chi connectivity index (χ1) is 24.8. The van der Waals surface area contributed by atoms with Crippen LogP contribution >= 0.6 is 11.8 Å². The van der Waals surface area contributed by atoms with Gasteiger partial charge < -0.3 is 34.9 Å². The lowest BCUT2D eigenvalue weighted by Crippen LogP contribution is -2.30. The fourth-order valence-electron chi connectivity index (χ4n) is 5.02. The summed E-state index contributed by atoms with van der Waals surface area (Å²) < 4.78 is 21.6. The number of hydrogen-bond acceptors (Lipinski definition) is 8. The van der Waals surface area contributed by atoms with Crippen LogP contribution in [0.4, 0.5) is 11.4 Å². The minimum atomic E-state index is -0.657. The van der Waals surface area contributed by atoms with Gasteiger partial charge in [0.25, 0.3) is 11.8 Å². The van der Waals surface area contributed by atoms with Crippen LogP contribution in [-0.2, 0) is 9.59 Å². The number of methoxy groups -OCH3 is 4. The van der Waals surface area contributed by atoms with Crippen molar-refractivity contribution in [2.45, 2.75) is 10.1 Å². The van der Waals surface area contributed by atoms with E-state index >= 15 is 0 Å². The van der Waals surface area contributed by atoms with Crippen molar-refractivity contribution in [1.29, 1.82) is 0 Å². The van der Waals surface area contributed by atoms with Gasteiger partial charge in [0.05, 0.1) is 28.4 Å². The molecule has 260 valence electrons. The Morgan fingerprint density at radius 1 is 0.627 bits per heavy atom. The second kappa shape index (κ2) is 17.5. The van der Waals surface area contributed by atoms with E-state index in [4.69, 9.17) is 18.9 Å². The summed E-state index contributed by atoms with van der Waals surface area (Å²) in [5.74, 6) is 0.793. The summed E-state index contributed by atoms with van der Waals surface area (Å²) in [4.78, 5) is 41.6. The minimum Gasteiger partial charge on any atom is -0.497 e. The zero-order valence-electron chi connectivity index (χ0n) is 28.5. The average Bonchev–Trinajstić information content (AvgIpc) is 3.17. The summed E-state index contributed by atoms with van der Waals surface area (Å²) in [6.07, 6.45) is 1.53. The Morgan fingerprint density at radius 3 is 1.94 bits per heavy atom. The van der Waals surface area contributed by atoms with Crippen molar-refractivity contribution in [2.24, 2.45) is 0 Å². The number of nitrogens with one attached hydrogen (secondary N) is 3. The molecule has 0 aromatic heterocycles. The van der Waals surface area contributed by atoms with Gasteiger partial charge in [0.2, 0.25) is 5.91 Å². The summed E-state index contributed by atoms with van der Waals surface area (Å²) in [6.45, 7) is 0. The molecule has 5 rings (SSSR count). The van der Waals surface area contributed by atoms with E-state index in [2.05, 4.69) is 16.0 Å². The number of benzene rings is 5. The molecule has 0 radical (unpaired) electrons. The lowest BCUT2D eigenvalue weighted by atomic mass is 10.1. The molecule has 0 aliphatic heterocycles. The lowest BCUT2D eigenvalue weighted by molar-refractivity contribution is -0.116. The molecule has 1 unspecified atom stereocenters. The zero-order valence-corrected chi connectivity index (χ0v) is 29.3. The molecule has 0 saturated carbocycles. The maximum absolute atomic E-state index is 13.9. The second-order valence-electron chi connectivity index (χ2n) is 11.0. The highest BCUT2D eigenvalue weighted by Crippen LogP contribution is 2.38. The van der Waals surface area contributed by atoms with Gasteiger partial charge >= 0.3 is 0 Å². The summed E-state index contributed by atoms with van der Waals surface area (Å²) >= 11 is 1.32. The summed E-state index contributed by atoms with van der Waals surface area (Å²) in [5, 5.41) is 7.98. The van der Waals surface area contributed by atoms with E-state index in [-0.39, 0.29) is 11.6 Å². The molecule has 11 heteroatoms. The number of ether oxygens (including phenoxy) is 4. The van der Waals surface area contributed by atoms with E-state index in [1.54, 1.807) is 99.1 Å². The molecule has 0 bridgehead atoms. The van der Waals surface area contributed by atoms with Crippen LogP contribution < -0.4 is 34.9 Å². The molecule has 0 aliphatic carbocycles. The van der Waals surface area contributed by atoms with Gasteiger partial charge in [-0.3, -0.25) is 14.4 Å². The molecule has 10 nitrogen and oxygen atoms in total. The van der Waals surface area contributed by atoms with Crippen molar-refractivity contribution >= 4 is 46.9 Å². The van der Waals surface area contributed by atoms with Crippen LogP contribution in [0.2, 0.25) is 0 Å². The Labute approximate surface area is 300 Å². The number of rotatable bonds is 14. The van der Waals surface area contributed by atoms with Crippen LogP contribution in [0.3, 0.4) is 0 Å². The molecule has 0 heterocycles. The summed E-state index contributed by atoms with van der Waals surface area (Å²) in [6, 6.07) is 35.4. The van der Waals surface area contributed by atoms with Crippen molar-refractivity contribution in [2.75, 3.05) is 39.1 Å². The highest BCUT2D eigenvalue weighted by molar-refractivity contribution is 8.00. The van der Waals surface area contributed by atoms with Crippen LogP contribution in [0.25, 0.3) is 6.08 Å². The maximum Gasteiger partial charge on any atom is 0.272 e. The number of anilines is 2. The SMILES string of the molecule is COc1cc(NC(=O)C(Sc2cccc(NC(=O)/C(=C\c3cc(OC)ccc3OC)NC(=O)c3ccccc3)c2)c2ccccc2)cc(OC)c1. The fraction of sp³-hybridized carbons (Fsp3) is 0.125. The standard InChI is InChI=1S/C40H37N3O7S/c1-47-31-18-19-36(50-4)28(20-31)21-35(43-38(44)27-14-9-6-10-15-27)39(45)41-29-16-11-17-34(24-29)51-37(26-12-7-5-8-13-26)40(46)42-30-22-32(48-2)25-33(23-30)49-3/h5-25,37H,1-4H3,(H,41,45)(H,42,46)(H,43,44)/b35-21+. The van der Waals surface area contributed by atoms with Crippen molar-refractivity contribution < 1.29 is 33.3 Å². The van der Waals surface area contributed by atoms with Crippen molar-refractivity contribution in [3.8, 4) is 23.0 Å². The minimum absolute atomic E-state index is 0.0243. The Kier molecular flexibility index (Phi) is 12.4. The molecule has 3 N–H and O–H groups in total. The van der Waals surface area contributed by atoms with Crippen LogP contribution in [0.5, 0.6) is 23.0 Å². The number of thioether (sulfide) groups is 1. The molecule has 0 saturated heterocycles. The van der Waals surface area contributed by atoms with Crippen molar-refractivity contribution in [3.05, 3.63) is 144 Å². The highest BCUT2D eigenvalue weighted by Gasteiger charge is 2.23. The van der Waals surface area contributed by atoms with Crippen LogP contribution in [0.15, 0.2) is 132 Å². The summed E-state index contributed by atoms with van der Waals surface area (Å²) in [5.41, 5.74) is 2.62. The largest absolute Gasteiger partial charge is 0.497 e. The molecule has 51 heavy (non-hydrogen) atoms. The Balaban J connectivity index is 1.42. The van der Waals surface area contributed by atoms with E-state index in [9.17, 15) is 14.4 Å². The third-order valence-corrected chi connectivity index (χ3v) is 8.82. The molecular weight excluding hydrogens is 667 g/mol. The number of amides is 3. The van der Waals surface area contributed by atoms with Gasteiger partial charge in [-0.2, -0.15) is 0 Å². The first-order valence-corrected chi connectivity index (χ1v) is 16.6. The average molecular weight is 704 g/mol. The quantitative estimate of drug-likeness (QED) is 0.0798. The molecule has 0 aliphatic rings. The molecule has 0 spiro atoms. The fourth-order valence-corrected chi connectivity index (χ4v) is 6.10. The molecular formula is C40H37N3O7S. The number of hydrogen-bond donors (Lipinski definition) is 3. The molecule has 5 aromatic carbocycles. The smallest absolute Gasteiger partial charge is 0.272 e. The molecule has 0 fully saturated rings.